The van der Waals surface area contributed by atoms with Crippen LogP contribution in [0.2, 0.25) is 0 Å². The number of amidine groups is 1. The Morgan fingerprint density at radius 2 is 2.00 bits per heavy atom. The highest BCUT2D eigenvalue weighted by Gasteiger charge is 2.31. The first kappa shape index (κ1) is 20.8. The van der Waals surface area contributed by atoms with Crippen molar-refractivity contribution in [1.29, 1.82) is 0 Å². The van der Waals surface area contributed by atoms with E-state index < -0.39 is 10.0 Å². The third-order valence-electron chi connectivity index (χ3n) is 4.37. The molecule has 0 aliphatic carbocycles. The number of hydrogen-bond acceptors (Lipinski definition) is 7. The van der Waals surface area contributed by atoms with Crippen LogP contribution in [0.1, 0.15) is 17.5 Å². The van der Waals surface area contributed by atoms with E-state index in [1.54, 1.807) is 60.8 Å². The summed E-state index contributed by atoms with van der Waals surface area (Å²) in [6.07, 6.45) is 2.80. The van der Waals surface area contributed by atoms with E-state index in [-0.39, 0.29) is 10.6 Å². The molecule has 0 atom stereocenters. The molecule has 0 fully saturated rings. The monoisotopic (exact) mass is 417 g/mol. The predicted octanol–water partition coefficient (Wildman–Crippen LogP) is 2.42. The quantitative estimate of drug-likeness (QED) is 0.402. The maximum Gasteiger partial charge on any atom is 0.285 e. The summed E-state index contributed by atoms with van der Waals surface area (Å²) in [6.45, 7) is 0.967. The van der Waals surface area contributed by atoms with Gasteiger partial charge in [-0.2, -0.15) is 13.5 Å². The van der Waals surface area contributed by atoms with Gasteiger partial charge in [0.15, 0.2) is 17.3 Å². The summed E-state index contributed by atoms with van der Waals surface area (Å²) < 4.78 is 38.9. The summed E-state index contributed by atoms with van der Waals surface area (Å²) in [4.78, 5) is 0.185. The van der Waals surface area contributed by atoms with Crippen molar-refractivity contribution in [2.45, 2.75) is 17.7 Å². The number of rotatable bonds is 8. The van der Waals surface area contributed by atoms with Gasteiger partial charge in [0.05, 0.1) is 7.11 Å². The fourth-order valence-electron chi connectivity index (χ4n) is 2.95. The minimum atomic E-state index is -3.72. The van der Waals surface area contributed by atoms with E-state index in [0.29, 0.717) is 43.1 Å². The Bertz CT molecular complexity index is 1030. The topological polar surface area (TPSA) is 101 Å². The first-order valence-corrected chi connectivity index (χ1v) is 10.5. The molecule has 0 spiro atoms. The molecule has 0 saturated carbocycles. The first-order valence-electron chi connectivity index (χ1n) is 9.05. The van der Waals surface area contributed by atoms with E-state index >= 15 is 0 Å². The lowest BCUT2D eigenvalue weighted by atomic mass is 10.1. The number of nitrogens with zero attached hydrogens (tertiary/aromatic N) is 3. The van der Waals surface area contributed by atoms with Crippen LogP contribution in [-0.4, -0.2) is 58.0 Å². The molecular weight excluding hydrogens is 394 g/mol. The molecule has 1 N–H and O–H groups in total. The molecule has 2 aromatic rings. The van der Waals surface area contributed by atoms with E-state index in [1.807, 2.05) is 0 Å². The normalized spacial score (nSPS) is 14.6. The lowest BCUT2D eigenvalue weighted by molar-refractivity contribution is 0.187. The van der Waals surface area contributed by atoms with Gasteiger partial charge < -0.3 is 14.6 Å². The highest BCUT2D eigenvalue weighted by atomic mass is 32.2. The van der Waals surface area contributed by atoms with Gasteiger partial charge in [-0.25, -0.2) is 5.01 Å². The Morgan fingerprint density at radius 3 is 2.76 bits per heavy atom. The van der Waals surface area contributed by atoms with Gasteiger partial charge >= 0.3 is 0 Å². The summed E-state index contributed by atoms with van der Waals surface area (Å²) in [5.41, 5.74) is 1.43. The average Bonchev–Trinajstić information content (AvgIpc) is 2.99. The Morgan fingerprint density at radius 1 is 1.21 bits per heavy atom. The fourth-order valence-corrected chi connectivity index (χ4v) is 4.15. The average molecular weight is 417 g/mol. The van der Waals surface area contributed by atoms with Gasteiger partial charge in [0.25, 0.3) is 10.0 Å². The molecule has 0 unspecified atom stereocenters. The zero-order valence-corrected chi connectivity index (χ0v) is 17.1. The van der Waals surface area contributed by atoms with Crippen LogP contribution in [0.25, 0.3) is 0 Å². The summed E-state index contributed by atoms with van der Waals surface area (Å²) in [6, 6.07) is 11.8. The van der Waals surface area contributed by atoms with Crippen molar-refractivity contribution >= 4 is 22.1 Å². The van der Waals surface area contributed by atoms with E-state index in [2.05, 4.69) is 9.50 Å². The Balaban J connectivity index is 1.84. The second kappa shape index (κ2) is 9.06. The lowest BCUT2D eigenvalue weighted by Gasteiger charge is -2.18. The smallest absolute Gasteiger partial charge is 0.285 e. The number of methoxy groups -OCH3 is 2. The van der Waals surface area contributed by atoms with Crippen LogP contribution in [0.3, 0.4) is 0 Å². The number of sulfonamides is 1. The van der Waals surface area contributed by atoms with Crippen molar-refractivity contribution in [2.24, 2.45) is 9.50 Å². The number of aromatic hydroxyl groups is 1. The molecule has 0 aromatic heterocycles. The molecule has 0 radical (unpaired) electrons. The van der Waals surface area contributed by atoms with E-state index in [9.17, 15) is 13.5 Å². The van der Waals surface area contributed by atoms with Crippen molar-refractivity contribution in [2.75, 3.05) is 27.4 Å². The standard InChI is InChI=1S/C20H23N3O5S/c1-27-13-5-12-23(20-16-6-3-4-7-19(16)29(25,26)22-20)21-11-10-15-8-9-17(24)18(14-15)28-2/h3-4,6-9,11,14,24H,5,10,12-13H2,1-2H3/b21-11+. The fraction of sp³-hybridized carbons (Fsp3) is 0.300. The number of hydrazone groups is 1. The van der Waals surface area contributed by atoms with Crippen molar-refractivity contribution in [3.05, 3.63) is 53.6 Å². The number of hydrogen-bond donors (Lipinski definition) is 1. The summed E-state index contributed by atoms with van der Waals surface area (Å²) in [7, 11) is -0.628. The zero-order valence-electron chi connectivity index (χ0n) is 16.3. The first-order chi connectivity index (χ1) is 14.0. The molecule has 1 aliphatic rings. The van der Waals surface area contributed by atoms with Crippen LogP contribution in [0.5, 0.6) is 11.5 Å². The number of fused-ring (bicyclic) bond motifs is 1. The second-order valence-electron chi connectivity index (χ2n) is 6.36. The van der Waals surface area contributed by atoms with Crippen LogP contribution >= 0.6 is 0 Å². The van der Waals surface area contributed by atoms with Crippen molar-refractivity contribution in [1.82, 2.24) is 5.01 Å². The minimum Gasteiger partial charge on any atom is -0.504 e. The Hall–Kier alpha value is -2.91. The molecule has 2 aromatic carbocycles. The van der Waals surface area contributed by atoms with Gasteiger partial charge in [-0.3, -0.25) is 0 Å². The second-order valence-corrected chi connectivity index (χ2v) is 7.94. The van der Waals surface area contributed by atoms with Gasteiger partial charge in [-0.15, -0.1) is 4.40 Å². The molecular formula is C20H23N3O5S. The van der Waals surface area contributed by atoms with Crippen molar-refractivity contribution in [3.8, 4) is 11.5 Å². The maximum atomic E-state index is 12.4. The number of phenolic OH excluding ortho intramolecular Hbond substituents is 1. The molecule has 8 nitrogen and oxygen atoms in total. The molecule has 0 bridgehead atoms. The molecule has 29 heavy (non-hydrogen) atoms. The largest absolute Gasteiger partial charge is 0.504 e. The molecule has 0 amide bonds. The predicted molar refractivity (Wildman–Crippen MR) is 110 cm³/mol. The highest BCUT2D eigenvalue weighted by Crippen LogP contribution is 2.28. The molecule has 154 valence electrons. The Labute approximate surface area is 170 Å². The highest BCUT2D eigenvalue weighted by molar-refractivity contribution is 7.90. The van der Waals surface area contributed by atoms with Gasteiger partial charge in [-0.05, 0) is 36.2 Å². The van der Waals surface area contributed by atoms with Gasteiger partial charge in [0.1, 0.15) is 4.90 Å². The molecule has 9 heteroatoms. The van der Waals surface area contributed by atoms with Gasteiger partial charge in [-0.1, -0.05) is 18.2 Å². The third kappa shape index (κ3) is 4.75. The van der Waals surface area contributed by atoms with Crippen LogP contribution < -0.4 is 4.74 Å². The molecule has 3 rings (SSSR count). The minimum absolute atomic E-state index is 0.0662. The Kier molecular flexibility index (Phi) is 6.50. The molecule has 1 heterocycles. The van der Waals surface area contributed by atoms with Crippen LogP contribution in [0.15, 0.2) is 56.9 Å². The number of phenols is 1. The lowest BCUT2D eigenvalue weighted by Crippen LogP contribution is -2.28. The van der Waals surface area contributed by atoms with Crippen molar-refractivity contribution < 1.29 is 23.0 Å². The summed E-state index contributed by atoms with van der Waals surface area (Å²) in [5.74, 6) is 0.751. The van der Waals surface area contributed by atoms with E-state index in [1.165, 1.54) is 7.11 Å². The molecule has 1 aliphatic heterocycles. The van der Waals surface area contributed by atoms with E-state index in [0.717, 1.165) is 5.56 Å². The van der Waals surface area contributed by atoms with Gasteiger partial charge in [0.2, 0.25) is 0 Å². The zero-order chi connectivity index (χ0) is 20.9. The summed E-state index contributed by atoms with van der Waals surface area (Å²) in [5, 5.41) is 15.8. The van der Waals surface area contributed by atoms with Crippen LogP contribution in [0.4, 0.5) is 0 Å². The maximum absolute atomic E-state index is 12.4. The van der Waals surface area contributed by atoms with E-state index in [4.69, 9.17) is 9.47 Å². The summed E-state index contributed by atoms with van der Waals surface area (Å²) >= 11 is 0. The van der Waals surface area contributed by atoms with Gasteiger partial charge in [0, 0.05) is 38.5 Å². The third-order valence-corrected chi connectivity index (χ3v) is 5.69. The van der Waals surface area contributed by atoms with Crippen LogP contribution in [0, 0.1) is 0 Å². The van der Waals surface area contributed by atoms with Crippen molar-refractivity contribution in [3.63, 3.8) is 0 Å². The number of ether oxygens (including phenoxy) is 2. The number of benzene rings is 2. The molecule has 0 saturated heterocycles. The van der Waals surface area contributed by atoms with Crippen LogP contribution in [-0.2, 0) is 21.2 Å². The SMILES string of the molecule is COCCCN(/N=C/Cc1ccc(O)c(OC)c1)C1=NS(=O)(=O)c2ccccc21.